The van der Waals surface area contributed by atoms with Gasteiger partial charge in [-0.2, -0.15) is 0 Å². The van der Waals surface area contributed by atoms with E-state index in [0.717, 1.165) is 10.3 Å². The van der Waals surface area contributed by atoms with E-state index >= 15 is 4.39 Å². The Morgan fingerprint density at radius 1 is 1.39 bits per heavy atom. The minimum atomic E-state index is -1.86. The summed E-state index contributed by atoms with van der Waals surface area (Å²) in [6.45, 7) is -0.0269. The van der Waals surface area contributed by atoms with Gasteiger partial charge in [0, 0.05) is 31.3 Å². The van der Waals surface area contributed by atoms with E-state index in [9.17, 15) is 9.18 Å². The Bertz CT molecular complexity index is 1040. The number of methoxy groups -OCH3 is 2. The summed E-state index contributed by atoms with van der Waals surface area (Å²) in [5, 5.41) is 0.738. The molecule has 148 valence electrons. The van der Waals surface area contributed by atoms with E-state index < -0.39 is 29.8 Å². The highest BCUT2D eigenvalue weighted by molar-refractivity contribution is 9.10. The number of ether oxygens (including phenoxy) is 2. The summed E-state index contributed by atoms with van der Waals surface area (Å²) < 4.78 is 40.8. The number of nitrogens with zero attached hydrogens (tertiary/aromatic N) is 3. The summed E-state index contributed by atoms with van der Waals surface area (Å²) >= 11 is 3.36. The fourth-order valence-electron chi connectivity index (χ4n) is 3.61. The number of hydrogen-bond donors (Lipinski definition) is 1. The van der Waals surface area contributed by atoms with Gasteiger partial charge in [-0.1, -0.05) is 0 Å². The lowest BCUT2D eigenvalue weighted by Gasteiger charge is -2.39. The van der Waals surface area contributed by atoms with E-state index in [1.54, 1.807) is 13.2 Å². The molecule has 2 aromatic heterocycles. The molecule has 2 aliphatic rings. The first-order chi connectivity index (χ1) is 13.4. The standard InChI is InChI=1S/C18H17BrF2N4O3/c1-24-15-8(6-22-17-9(15)4-12(19)23-17)7-25(18(24)26)16-13(20)10(27-2)5-11(28-3)14(16)21/h4-6,10,13H,7H2,1-3H3,(H,22,23). The van der Waals surface area contributed by atoms with Gasteiger partial charge in [-0.15, -0.1) is 0 Å². The number of rotatable bonds is 3. The van der Waals surface area contributed by atoms with Crippen LogP contribution in [0, 0.1) is 0 Å². The van der Waals surface area contributed by atoms with Crippen LogP contribution in [0.3, 0.4) is 0 Å². The van der Waals surface area contributed by atoms with Crippen LogP contribution in [-0.4, -0.2) is 54.4 Å². The summed E-state index contributed by atoms with van der Waals surface area (Å²) in [5.41, 5.74) is 1.50. The summed E-state index contributed by atoms with van der Waals surface area (Å²) in [6.07, 6.45) is -0.115. The summed E-state index contributed by atoms with van der Waals surface area (Å²) in [7, 11) is 4.15. The molecule has 0 saturated carbocycles. The van der Waals surface area contributed by atoms with E-state index in [1.807, 2.05) is 6.07 Å². The molecule has 2 unspecified atom stereocenters. The molecule has 1 aliphatic heterocycles. The predicted octanol–water partition coefficient (Wildman–Crippen LogP) is 3.78. The van der Waals surface area contributed by atoms with Crippen molar-refractivity contribution in [3.63, 3.8) is 0 Å². The highest BCUT2D eigenvalue weighted by atomic mass is 79.9. The van der Waals surface area contributed by atoms with Crippen LogP contribution < -0.4 is 4.90 Å². The van der Waals surface area contributed by atoms with Gasteiger partial charge in [-0.25, -0.2) is 18.6 Å². The van der Waals surface area contributed by atoms with Crippen LogP contribution in [0.1, 0.15) is 5.56 Å². The fourth-order valence-corrected chi connectivity index (χ4v) is 4.02. The molecule has 7 nitrogen and oxygen atoms in total. The Kier molecular flexibility index (Phi) is 4.62. The Morgan fingerprint density at radius 2 is 2.14 bits per heavy atom. The van der Waals surface area contributed by atoms with E-state index in [-0.39, 0.29) is 12.3 Å². The monoisotopic (exact) mass is 454 g/mol. The van der Waals surface area contributed by atoms with Crippen LogP contribution >= 0.6 is 15.9 Å². The predicted molar refractivity (Wildman–Crippen MR) is 102 cm³/mol. The molecule has 0 saturated heterocycles. The number of fused-ring (bicyclic) bond motifs is 3. The highest BCUT2D eigenvalue weighted by Gasteiger charge is 2.42. The molecular weight excluding hydrogens is 438 g/mol. The zero-order chi connectivity index (χ0) is 20.2. The number of aromatic nitrogens is 2. The number of aromatic amines is 1. The number of hydrogen-bond acceptors (Lipinski definition) is 4. The third kappa shape index (κ3) is 2.70. The number of pyridine rings is 1. The third-order valence-corrected chi connectivity index (χ3v) is 5.37. The van der Waals surface area contributed by atoms with Gasteiger partial charge < -0.3 is 14.5 Å². The second-order valence-corrected chi connectivity index (χ2v) is 7.33. The maximum Gasteiger partial charge on any atom is 0.328 e. The first-order valence-electron chi connectivity index (χ1n) is 8.41. The number of nitrogens with one attached hydrogen (secondary N) is 1. The average Bonchev–Trinajstić information content (AvgIpc) is 3.05. The van der Waals surface area contributed by atoms with Crippen LogP contribution in [0.5, 0.6) is 0 Å². The molecule has 10 heteroatoms. The second kappa shape index (κ2) is 6.85. The van der Waals surface area contributed by atoms with Crippen LogP contribution in [0.4, 0.5) is 19.3 Å². The highest BCUT2D eigenvalue weighted by Crippen LogP contribution is 2.40. The molecular formula is C18H17BrF2N4O3. The number of allylic oxidation sites excluding steroid dienone is 1. The molecule has 1 N–H and O–H groups in total. The lowest BCUT2D eigenvalue weighted by molar-refractivity contribution is 0.0590. The number of amides is 2. The van der Waals surface area contributed by atoms with Gasteiger partial charge in [-0.3, -0.25) is 9.80 Å². The summed E-state index contributed by atoms with van der Waals surface area (Å²) in [6, 6.07) is 1.25. The average molecular weight is 455 g/mol. The molecule has 1 aliphatic carbocycles. The lowest BCUT2D eigenvalue weighted by Crippen LogP contribution is -2.49. The van der Waals surface area contributed by atoms with Gasteiger partial charge in [0.2, 0.25) is 0 Å². The third-order valence-electron chi connectivity index (χ3n) is 4.94. The molecule has 0 aromatic carbocycles. The van der Waals surface area contributed by atoms with E-state index in [2.05, 4.69) is 25.9 Å². The number of urea groups is 1. The zero-order valence-corrected chi connectivity index (χ0v) is 16.9. The minimum Gasteiger partial charge on any atom is -0.494 e. The molecule has 0 fully saturated rings. The first-order valence-corrected chi connectivity index (χ1v) is 9.20. The Labute approximate surface area is 167 Å². The molecule has 0 spiro atoms. The largest absolute Gasteiger partial charge is 0.494 e. The van der Waals surface area contributed by atoms with Gasteiger partial charge in [0.05, 0.1) is 29.6 Å². The molecule has 28 heavy (non-hydrogen) atoms. The van der Waals surface area contributed by atoms with Crippen molar-refractivity contribution >= 4 is 38.7 Å². The maximum absolute atomic E-state index is 15.0. The van der Waals surface area contributed by atoms with Gasteiger partial charge in [0.15, 0.2) is 17.8 Å². The van der Waals surface area contributed by atoms with E-state index in [0.29, 0.717) is 21.5 Å². The molecule has 2 amide bonds. The zero-order valence-electron chi connectivity index (χ0n) is 15.3. The maximum atomic E-state index is 15.0. The Morgan fingerprint density at radius 3 is 2.82 bits per heavy atom. The molecule has 4 rings (SSSR count). The summed E-state index contributed by atoms with van der Waals surface area (Å²) in [4.78, 5) is 22.9. The Hall–Kier alpha value is -2.46. The van der Waals surface area contributed by atoms with Crippen molar-refractivity contribution in [3.05, 3.63) is 45.8 Å². The molecule has 0 radical (unpaired) electrons. The van der Waals surface area contributed by atoms with Gasteiger partial charge in [0.1, 0.15) is 11.8 Å². The van der Waals surface area contributed by atoms with Crippen molar-refractivity contribution < 1.29 is 23.0 Å². The van der Waals surface area contributed by atoms with Crippen molar-refractivity contribution in [2.24, 2.45) is 0 Å². The van der Waals surface area contributed by atoms with Crippen LogP contribution in [0.15, 0.2) is 40.2 Å². The van der Waals surface area contributed by atoms with Gasteiger partial charge in [0.25, 0.3) is 0 Å². The number of carbonyl (C=O) groups excluding carboxylic acids is 1. The number of H-pyrrole nitrogens is 1. The minimum absolute atomic E-state index is 0.0269. The Balaban J connectivity index is 1.83. The SMILES string of the molecule is COC1=CC(OC)C(F)C(N2Cc3cnc4[nH]c(Br)cc4c3N(C)C2=O)=C1F. The van der Waals surface area contributed by atoms with Crippen LogP contribution in [0.25, 0.3) is 11.0 Å². The topological polar surface area (TPSA) is 70.7 Å². The van der Waals surface area contributed by atoms with Crippen molar-refractivity contribution in [1.29, 1.82) is 0 Å². The van der Waals surface area contributed by atoms with Crippen molar-refractivity contribution in [3.8, 4) is 0 Å². The van der Waals surface area contributed by atoms with E-state index in [4.69, 9.17) is 9.47 Å². The molecule has 3 heterocycles. The number of halogens is 3. The second-order valence-electron chi connectivity index (χ2n) is 6.48. The molecule has 2 atom stereocenters. The van der Waals surface area contributed by atoms with E-state index in [1.165, 1.54) is 25.2 Å². The van der Waals surface area contributed by atoms with Gasteiger partial charge in [-0.05, 0) is 28.1 Å². The number of carbonyl (C=O) groups is 1. The normalized spacial score (nSPS) is 22.6. The van der Waals surface area contributed by atoms with Crippen molar-refractivity contribution in [2.45, 2.75) is 18.8 Å². The van der Waals surface area contributed by atoms with Crippen molar-refractivity contribution in [1.82, 2.24) is 14.9 Å². The smallest absolute Gasteiger partial charge is 0.328 e. The number of alkyl halides is 1. The fraction of sp³-hybridized carbons (Fsp3) is 0.333. The molecule has 0 bridgehead atoms. The summed E-state index contributed by atoms with van der Waals surface area (Å²) in [5.74, 6) is -1.09. The van der Waals surface area contributed by atoms with Gasteiger partial charge >= 0.3 is 6.03 Å². The van der Waals surface area contributed by atoms with Crippen LogP contribution in [0.2, 0.25) is 0 Å². The first kappa shape index (κ1) is 18.9. The van der Waals surface area contributed by atoms with Crippen LogP contribution in [-0.2, 0) is 16.0 Å². The molecule has 2 aromatic rings. The number of anilines is 1. The van der Waals surface area contributed by atoms with Crippen molar-refractivity contribution in [2.75, 3.05) is 26.2 Å². The quantitative estimate of drug-likeness (QED) is 0.765. The lowest BCUT2D eigenvalue weighted by atomic mass is 10.0.